The average Bonchev–Trinajstić information content (AvgIpc) is 2.88. The average molecular weight is 279 g/mol. The van der Waals surface area contributed by atoms with E-state index in [2.05, 4.69) is 5.32 Å². The molecule has 0 bridgehead atoms. The molecular formula is C13H13NO4S. The fourth-order valence-electron chi connectivity index (χ4n) is 1.55. The Bertz CT molecular complexity index is 674. The second-order valence-electron chi connectivity index (χ2n) is 4.06. The third kappa shape index (κ3) is 3.45. The van der Waals surface area contributed by atoms with Crippen molar-refractivity contribution in [2.75, 3.05) is 6.26 Å². The molecular weight excluding hydrogens is 266 g/mol. The van der Waals surface area contributed by atoms with Gasteiger partial charge in [-0.15, -0.1) is 0 Å². The lowest BCUT2D eigenvalue weighted by molar-refractivity contribution is 0.0948. The Balaban J connectivity index is 2.11. The number of sulfone groups is 1. The maximum atomic E-state index is 11.9. The van der Waals surface area contributed by atoms with Crippen molar-refractivity contribution in [2.45, 2.75) is 11.4 Å². The highest BCUT2D eigenvalue weighted by atomic mass is 32.2. The fourth-order valence-corrected chi connectivity index (χ4v) is 2.22. The van der Waals surface area contributed by atoms with Crippen LogP contribution in [0.25, 0.3) is 0 Å². The Labute approximate surface area is 111 Å². The van der Waals surface area contributed by atoms with Crippen LogP contribution in [0.2, 0.25) is 0 Å². The zero-order valence-electron chi connectivity index (χ0n) is 10.3. The van der Waals surface area contributed by atoms with Gasteiger partial charge in [0.1, 0.15) is 5.76 Å². The molecule has 19 heavy (non-hydrogen) atoms. The molecule has 1 N–H and O–H groups in total. The summed E-state index contributed by atoms with van der Waals surface area (Å²) in [6, 6.07) is 9.38. The summed E-state index contributed by atoms with van der Waals surface area (Å²) in [6.07, 6.45) is 2.62. The van der Waals surface area contributed by atoms with Crippen LogP contribution in [0.15, 0.2) is 52.0 Å². The van der Waals surface area contributed by atoms with E-state index < -0.39 is 9.84 Å². The standard InChI is InChI=1S/C13H13NO4S/c1-19(16,17)12-6-2-4-10(8-12)13(15)14-9-11-5-3-7-18-11/h2-8H,9H2,1H3,(H,14,15). The van der Waals surface area contributed by atoms with Crippen LogP contribution in [0, 0.1) is 0 Å². The molecule has 0 aliphatic carbocycles. The molecule has 0 spiro atoms. The van der Waals surface area contributed by atoms with Crippen LogP contribution in [0.4, 0.5) is 0 Å². The quantitative estimate of drug-likeness (QED) is 0.922. The number of carbonyl (C=O) groups is 1. The molecule has 0 atom stereocenters. The Morgan fingerprint density at radius 2 is 2.05 bits per heavy atom. The molecule has 0 saturated carbocycles. The van der Waals surface area contributed by atoms with Gasteiger partial charge in [0.2, 0.25) is 0 Å². The van der Waals surface area contributed by atoms with Crippen LogP contribution >= 0.6 is 0 Å². The van der Waals surface area contributed by atoms with Gasteiger partial charge in [0.15, 0.2) is 9.84 Å². The highest BCUT2D eigenvalue weighted by molar-refractivity contribution is 7.90. The van der Waals surface area contributed by atoms with Crippen molar-refractivity contribution in [3.05, 3.63) is 54.0 Å². The first-order chi connectivity index (χ1) is 8.97. The van der Waals surface area contributed by atoms with Crippen molar-refractivity contribution >= 4 is 15.7 Å². The summed E-state index contributed by atoms with van der Waals surface area (Å²) in [7, 11) is -3.32. The van der Waals surface area contributed by atoms with Gasteiger partial charge >= 0.3 is 0 Å². The molecule has 100 valence electrons. The van der Waals surface area contributed by atoms with Gasteiger partial charge < -0.3 is 9.73 Å². The third-order valence-corrected chi connectivity index (χ3v) is 3.64. The Hall–Kier alpha value is -2.08. The fraction of sp³-hybridized carbons (Fsp3) is 0.154. The molecule has 0 aliphatic heterocycles. The first kappa shape index (κ1) is 13.4. The Morgan fingerprint density at radius 1 is 1.26 bits per heavy atom. The molecule has 0 aliphatic rings. The monoisotopic (exact) mass is 279 g/mol. The highest BCUT2D eigenvalue weighted by Crippen LogP contribution is 2.11. The number of furan rings is 1. The van der Waals surface area contributed by atoms with Crippen molar-refractivity contribution in [2.24, 2.45) is 0 Å². The zero-order valence-corrected chi connectivity index (χ0v) is 11.1. The van der Waals surface area contributed by atoms with Gasteiger partial charge in [-0.1, -0.05) is 6.07 Å². The summed E-state index contributed by atoms with van der Waals surface area (Å²) in [4.78, 5) is 12.0. The SMILES string of the molecule is CS(=O)(=O)c1cccc(C(=O)NCc2ccco2)c1. The predicted molar refractivity (Wildman–Crippen MR) is 69.4 cm³/mol. The van der Waals surface area contributed by atoms with Gasteiger partial charge in [0.25, 0.3) is 5.91 Å². The Morgan fingerprint density at radius 3 is 2.68 bits per heavy atom. The van der Waals surface area contributed by atoms with E-state index in [9.17, 15) is 13.2 Å². The van der Waals surface area contributed by atoms with E-state index in [0.717, 1.165) is 6.26 Å². The predicted octanol–water partition coefficient (Wildman–Crippen LogP) is 1.61. The van der Waals surface area contributed by atoms with Crippen molar-refractivity contribution in [3.63, 3.8) is 0 Å². The van der Waals surface area contributed by atoms with Crippen LogP contribution in [0.3, 0.4) is 0 Å². The van der Waals surface area contributed by atoms with E-state index in [4.69, 9.17) is 4.42 Å². The molecule has 1 aromatic heterocycles. The van der Waals surface area contributed by atoms with Crippen LogP contribution in [-0.4, -0.2) is 20.6 Å². The zero-order chi connectivity index (χ0) is 13.9. The molecule has 2 rings (SSSR count). The van der Waals surface area contributed by atoms with Crippen LogP contribution in [0.1, 0.15) is 16.1 Å². The number of hydrogen-bond donors (Lipinski definition) is 1. The largest absolute Gasteiger partial charge is 0.467 e. The molecule has 6 heteroatoms. The van der Waals surface area contributed by atoms with Gasteiger partial charge in [0.05, 0.1) is 17.7 Å². The van der Waals surface area contributed by atoms with Crippen LogP contribution in [0.5, 0.6) is 0 Å². The molecule has 0 saturated heterocycles. The van der Waals surface area contributed by atoms with Gasteiger partial charge in [-0.05, 0) is 30.3 Å². The van der Waals surface area contributed by atoms with E-state index in [-0.39, 0.29) is 17.3 Å². The minimum atomic E-state index is -3.32. The molecule has 5 nitrogen and oxygen atoms in total. The summed E-state index contributed by atoms with van der Waals surface area (Å²) in [5, 5.41) is 2.65. The van der Waals surface area contributed by atoms with Crippen molar-refractivity contribution in [3.8, 4) is 0 Å². The van der Waals surface area contributed by atoms with E-state index in [1.54, 1.807) is 18.2 Å². The van der Waals surface area contributed by atoms with Gasteiger partial charge in [-0.25, -0.2) is 8.42 Å². The third-order valence-electron chi connectivity index (χ3n) is 2.53. The second-order valence-corrected chi connectivity index (χ2v) is 6.08. The van der Waals surface area contributed by atoms with E-state index >= 15 is 0 Å². The lowest BCUT2D eigenvalue weighted by Crippen LogP contribution is -2.22. The van der Waals surface area contributed by atoms with Crippen molar-refractivity contribution in [1.82, 2.24) is 5.32 Å². The molecule has 1 amide bonds. The Kier molecular flexibility index (Phi) is 3.71. The summed E-state index contributed by atoms with van der Waals surface area (Å²) < 4.78 is 27.9. The maximum absolute atomic E-state index is 11.9. The molecule has 1 heterocycles. The van der Waals surface area contributed by atoms with Crippen molar-refractivity contribution in [1.29, 1.82) is 0 Å². The van der Waals surface area contributed by atoms with Gasteiger partial charge in [-0.3, -0.25) is 4.79 Å². The number of nitrogens with one attached hydrogen (secondary N) is 1. The van der Waals surface area contributed by atoms with Crippen molar-refractivity contribution < 1.29 is 17.6 Å². The van der Waals surface area contributed by atoms with E-state index in [1.165, 1.54) is 24.5 Å². The van der Waals surface area contributed by atoms with Crippen LogP contribution in [-0.2, 0) is 16.4 Å². The lowest BCUT2D eigenvalue weighted by Gasteiger charge is -2.05. The smallest absolute Gasteiger partial charge is 0.251 e. The minimum Gasteiger partial charge on any atom is -0.467 e. The highest BCUT2D eigenvalue weighted by Gasteiger charge is 2.11. The minimum absolute atomic E-state index is 0.123. The molecule has 1 aromatic carbocycles. The number of benzene rings is 1. The summed E-state index contributed by atoms with van der Waals surface area (Å²) >= 11 is 0. The number of hydrogen-bond acceptors (Lipinski definition) is 4. The van der Waals surface area contributed by atoms with Gasteiger partial charge in [0, 0.05) is 11.8 Å². The second kappa shape index (κ2) is 5.27. The van der Waals surface area contributed by atoms with Gasteiger partial charge in [-0.2, -0.15) is 0 Å². The summed E-state index contributed by atoms with van der Waals surface area (Å²) in [5.74, 6) is 0.287. The summed E-state index contributed by atoms with van der Waals surface area (Å²) in [5.41, 5.74) is 0.300. The molecule has 0 radical (unpaired) electrons. The van der Waals surface area contributed by atoms with Crippen LogP contribution < -0.4 is 5.32 Å². The first-order valence-corrected chi connectivity index (χ1v) is 7.46. The maximum Gasteiger partial charge on any atom is 0.251 e. The topological polar surface area (TPSA) is 76.4 Å². The number of amides is 1. The molecule has 0 fully saturated rings. The number of carbonyl (C=O) groups excluding carboxylic acids is 1. The molecule has 2 aromatic rings. The van der Waals surface area contributed by atoms with E-state index in [0.29, 0.717) is 11.3 Å². The first-order valence-electron chi connectivity index (χ1n) is 5.57. The summed E-state index contributed by atoms with van der Waals surface area (Å²) in [6.45, 7) is 0.259. The number of rotatable bonds is 4. The lowest BCUT2D eigenvalue weighted by atomic mass is 10.2. The molecule has 0 unspecified atom stereocenters. The normalized spacial score (nSPS) is 11.2. The van der Waals surface area contributed by atoms with E-state index in [1.807, 2.05) is 0 Å².